The van der Waals surface area contributed by atoms with Gasteiger partial charge in [0.1, 0.15) is 0 Å². The highest BCUT2D eigenvalue weighted by Gasteiger charge is 2.08. The lowest BCUT2D eigenvalue weighted by atomic mass is 10.1. The zero-order chi connectivity index (χ0) is 15.0. The summed E-state index contributed by atoms with van der Waals surface area (Å²) in [5.74, 6) is 0. The van der Waals surface area contributed by atoms with Crippen molar-refractivity contribution in [2.24, 2.45) is 7.05 Å². The third kappa shape index (κ3) is 3.01. The van der Waals surface area contributed by atoms with Gasteiger partial charge in [-0.15, -0.1) is 0 Å². The van der Waals surface area contributed by atoms with Gasteiger partial charge in [-0.05, 0) is 65.9 Å². The Morgan fingerprint density at radius 2 is 1.76 bits per heavy atom. The second kappa shape index (κ2) is 5.85. The van der Waals surface area contributed by atoms with Crippen LogP contribution in [0, 0.1) is 10.5 Å². The molecular weight excluding hydrogens is 393 g/mol. The summed E-state index contributed by atoms with van der Waals surface area (Å²) < 4.78 is 2.91. The molecule has 0 amide bonds. The SMILES string of the molecule is Cc1ccc2c(c1)c(Sc1ccc(I)cc1)cc(=O)n2C. The van der Waals surface area contributed by atoms with Gasteiger partial charge < -0.3 is 4.57 Å². The molecule has 0 unspecified atom stereocenters. The average molecular weight is 407 g/mol. The van der Waals surface area contributed by atoms with E-state index in [1.165, 1.54) is 9.13 Å². The minimum atomic E-state index is 0.0272. The molecule has 0 atom stereocenters. The van der Waals surface area contributed by atoms with Gasteiger partial charge in [-0.25, -0.2) is 0 Å². The number of pyridine rings is 1. The number of fused-ring (bicyclic) bond motifs is 1. The van der Waals surface area contributed by atoms with Crippen LogP contribution in [0.5, 0.6) is 0 Å². The fraction of sp³-hybridized carbons (Fsp3) is 0.118. The molecule has 0 saturated carbocycles. The first-order chi connectivity index (χ1) is 10.0. The van der Waals surface area contributed by atoms with Crippen molar-refractivity contribution in [3.05, 3.63) is 68.0 Å². The Bertz CT molecular complexity index is 868. The quantitative estimate of drug-likeness (QED) is 0.580. The average Bonchev–Trinajstić information content (AvgIpc) is 2.47. The first-order valence-electron chi connectivity index (χ1n) is 6.58. The van der Waals surface area contributed by atoms with Gasteiger partial charge in [0.05, 0.1) is 5.52 Å². The summed E-state index contributed by atoms with van der Waals surface area (Å²) >= 11 is 3.93. The summed E-state index contributed by atoms with van der Waals surface area (Å²) in [6, 6.07) is 16.3. The predicted molar refractivity (Wildman–Crippen MR) is 97.2 cm³/mol. The normalized spacial score (nSPS) is 11.0. The largest absolute Gasteiger partial charge is 0.311 e. The van der Waals surface area contributed by atoms with Gasteiger partial charge in [-0.2, -0.15) is 0 Å². The lowest BCUT2D eigenvalue weighted by molar-refractivity contribution is 0.898. The molecule has 106 valence electrons. The molecule has 0 aliphatic heterocycles. The Balaban J connectivity index is 2.17. The fourth-order valence-corrected chi connectivity index (χ4v) is 3.58. The number of hydrogen-bond donors (Lipinski definition) is 0. The Morgan fingerprint density at radius 1 is 1.05 bits per heavy atom. The van der Waals surface area contributed by atoms with Crippen LogP contribution in [0.15, 0.2) is 63.1 Å². The fourth-order valence-electron chi connectivity index (χ4n) is 2.26. The molecule has 0 fully saturated rings. The number of aryl methyl sites for hydroxylation is 2. The third-order valence-electron chi connectivity index (χ3n) is 3.41. The Morgan fingerprint density at radius 3 is 2.48 bits per heavy atom. The van der Waals surface area contributed by atoms with Crippen molar-refractivity contribution in [1.82, 2.24) is 4.57 Å². The molecule has 2 aromatic carbocycles. The molecular formula is C17H14INOS. The molecule has 0 radical (unpaired) electrons. The van der Waals surface area contributed by atoms with E-state index < -0.39 is 0 Å². The second-order valence-corrected chi connectivity index (χ2v) is 7.34. The monoisotopic (exact) mass is 407 g/mol. The smallest absolute Gasteiger partial charge is 0.251 e. The minimum absolute atomic E-state index is 0.0272. The van der Waals surface area contributed by atoms with E-state index in [9.17, 15) is 4.79 Å². The second-order valence-electron chi connectivity index (χ2n) is 4.98. The Labute approximate surface area is 141 Å². The zero-order valence-electron chi connectivity index (χ0n) is 11.8. The van der Waals surface area contributed by atoms with E-state index in [0.29, 0.717) is 0 Å². The van der Waals surface area contributed by atoms with E-state index in [0.717, 1.165) is 20.7 Å². The van der Waals surface area contributed by atoms with Crippen LogP contribution in [0.3, 0.4) is 0 Å². The van der Waals surface area contributed by atoms with Crippen molar-refractivity contribution in [3.8, 4) is 0 Å². The molecule has 0 aliphatic carbocycles. The number of aromatic nitrogens is 1. The summed E-state index contributed by atoms with van der Waals surface area (Å²) in [7, 11) is 1.82. The van der Waals surface area contributed by atoms with E-state index in [-0.39, 0.29) is 5.56 Å². The van der Waals surface area contributed by atoms with E-state index in [2.05, 4.69) is 59.8 Å². The lowest BCUT2D eigenvalue weighted by Crippen LogP contribution is -2.16. The Hall–Kier alpha value is -1.27. The maximum absolute atomic E-state index is 12.1. The van der Waals surface area contributed by atoms with Gasteiger partial charge in [-0.1, -0.05) is 23.4 Å². The van der Waals surface area contributed by atoms with Crippen LogP contribution in [0.4, 0.5) is 0 Å². The molecule has 0 N–H and O–H groups in total. The maximum Gasteiger partial charge on any atom is 0.251 e. The van der Waals surface area contributed by atoms with E-state index in [1.54, 1.807) is 22.4 Å². The topological polar surface area (TPSA) is 22.0 Å². The van der Waals surface area contributed by atoms with Crippen LogP contribution in [-0.4, -0.2) is 4.57 Å². The van der Waals surface area contributed by atoms with Crippen LogP contribution in [0.1, 0.15) is 5.56 Å². The van der Waals surface area contributed by atoms with Crippen molar-refractivity contribution in [2.45, 2.75) is 16.7 Å². The number of benzene rings is 2. The van der Waals surface area contributed by atoms with Gasteiger partial charge in [0.15, 0.2) is 0 Å². The number of halogens is 1. The van der Waals surface area contributed by atoms with Crippen LogP contribution < -0.4 is 5.56 Å². The lowest BCUT2D eigenvalue weighted by Gasteiger charge is -2.10. The van der Waals surface area contributed by atoms with Crippen molar-refractivity contribution in [3.63, 3.8) is 0 Å². The first-order valence-corrected chi connectivity index (χ1v) is 8.48. The third-order valence-corrected chi connectivity index (χ3v) is 5.19. The van der Waals surface area contributed by atoms with Crippen LogP contribution in [0.25, 0.3) is 10.9 Å². The van der Waals surface area contributed by atoms with Gasteiger partial charge in [0, 0.05) is 31.9 Å². The van der Waals surface area contributed by atoms with E-state index in [1.807, 2.05) is 19.2 Å². The van der Waals surface area contributed by atoms with Crippen molar-refractivity contribution < 1.29 is 0 Å². The van der Waals surface area contributed by atoms with Crippen molar-refractivity contribution in [1.29, 1.82) is 0 Å². The van der Waals surface area contributed by atoms with Crippen LogP contribution in [-0.2, 0) is 7.05 Å². The molecule has 0 aliphatic rings. The Kier molecular flexibility index (Phi) is 4.08. The maximum atomic E-state index is 12.1. The highest BCUT2D eigenvalue weighted by atomic mass is 127. The van der Waals surface area contributed by atoms with Crippen molar-refractivity contribution >= 4 is 45.3 Å². The summed E-state index contributed by atoms with van der Waals surface area (Å²) in [5.41, 5.74) is 2.20. The molecule has 0 bridgehead atoms. The number of hydrogen-bond acceptors (Lipinski definition) is 2. The zero-order valence-corrected chi connectivity index (χ0v) is 14.7. The summed E-state index contributed by atoms with van der Waals surface area (Å²) in [6.07, 6.45) is 0. The van der Waals surface area contributed by atoms with E-state index in [4.69, 9.17) is 0 Å². The van der Waals surface area contributed by atoms with Crippen molar-refractivity contribution in [2.75, 3.05) is 0 Å². The standard InChI is InChI=1S/C17H14INOS/c1-11-3-8-15-14(9-11)16(10-17(20)19(15)2)21-13-6-4-12(18)5-7-13/h3-10H,1-2H3. The van der Waals surface area contributed by atoms with Gasteiger partial charge in [-0.3, -0.25) is 4.79 Å². The van der Waals surface area contributed by atoms with E-state index >= 15 is 0 Å². The number of nitrogens with zero attached hydrogens (tertiary/aromatic N) is 1. The molecule has 1 aromatic heterocycles. The summed E-state index contributed by atoms with van der Waals surface area (Å²) in [6.45, 7) is 2.07. The molecule has 3 rings (SSSR count). The van der Waals surface area contributed by atoms with Gasteiger partial charge in [0.2, 0.25) is 0 Å². The summed E-state index contributed by atoms with van der Waals surface area (Å²) in [5, 5.41) is 1.13. The predicted octanol–water partition coefficient (Wildman–Crippen LogP) is 4.60. The molecule has 1 heterocycles. The van der Waals surface area contributed by atoms with Gasteiger partial charge in [0.25, 0.3) is 5.56 Å². The molecule has 0 spiro atoms. The van der Waals surface area contributed by atoms with Crippen LogP contribution in [0.2, 0.25) is 0 Å². The molecule has 21 heavy (non-hydrogen) atoms. The molecule has 2 nitrogen and oxygen atoms in total. The highest BCUT2D eigenvalue weighted by molar-refractivity contribution is 14.1. The summed E-state index contributed by atoms with van der Waals surface area (Å²) in [4.78, 5) is 14.3. The number of rotatable bonds is 2. The van der Waals surface area contributed by atoms with Crippen LogP contribution >= 0.6 is 34.4 Å². The molecule has 0 saturated heterocycles. The first kappa shape index (κ1) is 14.7. The molecule has 4 heteroatoms. The highest BCUT2D eigenvalue weighted by Crippen LogP contribution is 2.33. The molecule has 3 aromatic rings. The van der Waals surface area contributed by atoms with Gasteiger partial charge >= 0.3 is 0 Å². The minimum Gasteiger partial charge on any atom is -0.311 e.